The Labute approximate surface area is 58.3 Å². The minimum atomic E-state index is 0. The maximum Gasteiger partial charge on any atom is 2.00 e. The molecule has 0 aliphatic carbocycles. The van der Waals surface area contributed by atoms with E-state index < -0.39 is 0 Å². The first-order valence-corrected chi connectivity index (χ1v) is 3.02. The van der Waals surface area contributed by atoms with Crippen LogP contribution in [-0.4, -0.2) is 21.8 Å². The molecule has 0 aliphatic rings. The first kappa shape index (κ1) is 11.0. The summed E-state index contributed by atoms with van der Waals surface area (Å²) in [5.41, 5.74) is 0. The van der Waals surface area contributed by atoms with Crippen molar-refractivity contribution in [3.05, 3.63) is 0 Å². The summed E-state index contributed by atoms with van der Waals surface area (Å²) in [4.78, 5) is 0. The first-order chi connectivity index (χ1) is 3.41. The van der Waals surface area contributed by atoms with Gasteiger partial charge in [0, 0.05) is 6.61 Å². The first-order valence-electron chi connectivity index (χ1n) is 3.02. The van der Waals surface area contributed by atoms with E-state index in [9.17, 15) is 0 Å². The quantitative estimate of drug-likeness (QED) is 0.431. The van der Waals surface area contributed by atoms with Crippen molar-refractivity contribution in [3.63, 3.8) is 0 Å². The molecule has 0 fully saturated rings. The van der Waals surface area contributed by atoms with Crippen molar-refractivity contribution in [2.45, 2.75) is 32.6 Å². The molecule has 0 unspecified atom stereocenters. The number of hydrogen-bond donors (Lipinski definition) is 1. The Morgan fingerprint density at radius 2 is 1.88 bits per heavy atom. The second-order valence-electron chi connectivity index (χ2n) is 1.78. The predicted octanol–water partition coefficient (Wildman–Crippen LogP) is 1.40. The second kappa shape index (κ2) is 10.2. The predicted molar refractivity (Wildman–Crippen MR) is 39.2 cm³/mol. The van der Waals surface area contributed by atoms with Crippen LogP contribution in [0.15, 0.2) is 0 Å². The Balaban J connectivity index is -0.0000000600. The van der Waals surface area contributed by atoms with Gasteiger partial charge in [-0.3, -0.25) is 0 Å². The van der Waals surface area contributed by atoms with Crippen LogP contribution in [0.2, 0.25) is 0 Å². The van der Waals surface area contributed by atoms with E-state index in [0.717, 1.165) is 6.42 Å². The molecule has 1 nitrogen and oxygen atoms in total. The molecule has 0 amide bonds. The van der Waals surface area contributed by atoms with Crippen molar-refractivity contribution in [2.24, 2.45) is 0 Å². The molecule has 0 aromatic rings. The standard InChI is InChI=1S/C6H14O.Be.2H/c1-2-3-4-5-6-7;;;/h7H,2-6H2,1H3;;;/q;+2;2*-1. The van der Waals surface area contributed by atoms with Crippen LogP contribution in [0.1, 0.15) is 35.5 Å². The Bertz CT molecular complexity index is 34.9. The maximum atomic E-state index is 8.29. The van der Waals surface area contributed by atoms with Gasteiger partial charge in [-0.2, -0.15) is 0 Å². The van der Waals surface area contributed by atoms with E-state index in [-0.39, 0.29) is 13.0 Å². The van der Waals surface area contributed by atoms with Crippen molar-refractivity contribution >= 4 is 10.1 Å². The van der Waals surface area contributed by atoms with E-state index in [1.54, 1.807) is 0 Å². The summed E-state index contributed by atoms with van der Waals surface area (Å²) in [6.45, 7) is 2.53. The summed E-state index contributed by atoms with van der Waals surface area (Å²) in [7, 11) is 0. The molecular weight excluding hydrogens is 97.1 g/mol. The molecule has 0 saturated carbocycles. The molecule has 8 heavy (non-hydrogen) atoms. The molecule has 0 bridgehead atoms. The van der Waals surface area contributed by atoms with Crippen LogP contribution in [0.4, 0.5) is 0 Å². The average Bonchev–Trinajstić information content (AvgIpc) is 1.69. The number of unbranched alkanes of at least 4 members (excludes halogenated alkanes) is 3. The van der Waals surface area contributed by atoms with E-state index in [0.29, 0.717) is 6.61 Å². The van der Waals surface area contributed by atoms with E-state index in [1.165, 1.54) is 19.3 Å². The molecule has 2 heteroatoms. The molecule has 0 heterocycles. The van der Waals surface area contributed by atoms with Crippen molar-refractivity contribution in [1.29, 1.82) is 0 Å². The van der Waals surface area contributed by atoms with Crippen LogP contribution in [0.5, 0.6) is 0 Å². The summed E-state index contributed by atoms with van der Waals surface area (Å²) in [5.74, 6) is 0. The summed E-state index contributed by atoms with van der Waals surface area (Å²) in [6, 6.07) is 0. The molecule has 0 aromatic heterocycles. The van der Waals surface area contributed by atoms with Crippen molar-refractivity contribution in [2.75, 3.05) is 6.61 Å². The molecule has 0 spiro atoms. The minimum absolute atomic E-state index is 0. The van der Waals surface area contributed by atoms with Crippen LogP contribution in [0.25, 0.3) is 0 Å². The van der Waals surface area contributed by atoms with Crippen LogP contribution in [0.3, 0.4) is 0 Å². The van der Waals surface area contributed by atoms with Gasteiger partial charge in [0.05, 0.1) is 0 Å². The Morgan fingerprint density at radius 1 is 1.25 bits per heavy atom. The van der Waals surface area contributed by atoms with Crippen LogP contribution >= 0.6 is 0 Å². The third-order valence-corrected chi connectivity index (χ3v) is 1.01. The van der Waals surface area contributed by atoms with Crippen LogP contribution in [-0.2, 0) is 0 Å². The van der Waals surface area contributed by atoms with Gasteiger partial charge in [-0.1, -0.05) is 26.2 Å². The van der Waals surface area contributed by atoms with Crippen LogP contribution < -0.4 is 0 Å². The zero-order valence-corrected chi connectivity index (χ0v) is 5.69. The largest absolute Gasteiger partial charge is 2.00 e. The molecule has 0 rings (SSSR count). The van der Waals surface area contributed by atoms with E-state index in [1.807, 2.05) is 0 Å². The minimum Gasteiger partial charge on any atom is -1.00 e. The van der Waals surface area contributed by atoms with Crippen LogP contribution in [0, 0.1) is 0 Å². The van der Waals surface area contributed by atoms with Crippen molar-refractivity contribution < 1.29 is 7.96 Å². The summed E-state index contributed by atoms with van der Waals surface area (Å²) in [6.07, 6.45) is 4.68. The van der Waals surface area contributed by atoms with Crippen molar-refractivity contribution in [1.82, 2.24) is 0 Å². The van der Waals surface area contributed by atoms with Gasteiger partial charge in [-0.25, -0.2) is 0 Å². The number of hydrogen-bond acceptors (Lipinski definition) is 1. The Kier molecular flexibility index (Phi) is 14.0. The van der Waals surface area contributed by atoms with Gasteiger partial charge in [-0.05, 0) is 6.42 Å². The summed E-state index contributed by atoms with van der Waals surface area (Å²) in [5, 5.41) is 8.29. The Morgan fingerprint density at radius 3 is 2.25 bits per heavy atom. The normalized spacial score (nSPS) is 8.25. The zero-order chi connectivity index (χ0) is 5.54. The SMILES string of the molecule is CCCCCCO.[Be+2].[H-].[H-]. The third kappa shape index (κ3) is 9.46. The van der Waals surface area contributed by atoms with Gasteiger partial charge < -0.3 is 7.96 Å². The summed E-state index contributed by atoms with van der Waals surface area (Å²) >= 11 is 0. The fourth-order valence-electron chi connectivity index (χ4n) is 0.539. The third-order valence-electron chi connectivity index (χ3n) is 1.01. The van der Waals surface area contributed by atoms with E-state index in [2.05, 4.69) is 6.92 Å². The maximum absolute atomic E-state index is 8.29. The molecule has 1 N–H and O–H groups in total. The number of aliphatic hydroxyl groups excluding tert-OH is 1. The molecule has 48 valence electrons. The van der Waals surface area contributed by atoms with Gasteiger partial charge in [0.15, 0.2) is 0 Å². The molecule has 0 atom stereocenters. The van der Waals surface area contributed by atoms with Gasteiger partial charge in [0.25, 0.3) is 0 Å². The fraction of sp³-hybridized carbons (Fsp3) is 1.00. The van der Waals surface area contributed by atoms with Gasteiger partial charge >= 0.3 is 10.1 Å². The van der Waals surface area contributed by atoms with Gasteiger partial charge in [0.2, 0.25) is 0 Å². The average molecular weight is 113 g/mol. The topological polar surface area (TPSA) is 20.2 Å². The monoisotopic (exact) mass is 113 g/mol. The van der Waals surface area contributed by atoms with Crippen molar-refractivity contribution in [3.8, 4) is 0 Å². The summed E-state index contributed by atoms with van der Waals surface area (Å²) < 4.78 is 0. The van der Waals surface area contributed by atoms with Gasteiger partial charge in [-0.15, -0.1) is 0 Å². The zero-order valence-electron chi connectivity index (χ0n) is 7.69. The molecular formula is C6H16BeO. The Hall–Kier alpha value is 0.129. The molecule has 0 radical (unpaired) electrons. The van der Waals surface area contributed by atoms with E-state index >= 15 is 0 Å². The van der Waals surface area contributed by atoms with E-state index in [4.69, 9.17) is 5.11 Å². The number of aliphatic hydroxyl groups is 1. The fourth-order valence-corrected chi connectivity index (χ4v) is 0.539. The molecule has 0 saturated heterocycles. The second-order valence-corrected chi connectivity index (χ2v) is 1.78. The number of rotatable bonds is 4. The molecule has 0 aromatic carbocycles. The molecule has 0 aliphatic heterocycles. The van der Waals surface area contributed by atoms with Gasteiger partial charge in [0.1, 0.15) is 0 Å². The smallest absolute Gasteiger partial charge is 1.00 e.